The van der Waals surface area contributed by atoms with Crippen molar-refractivity contribution in [3.63, 3.8) is 0 Å². The lowest BCUT2D eigenvalue weighted by Crippen LogP contribution is -2.31. The van der Waals surface area contributed by atoms with Crippen LogP contribution >= 0.6 is 23.2 Å². The van der Waals surface area contributed by atoms with Crippen LogP contribution in [-0.4, -0.2) is 17.2 Å². The molecule has 4 heteroatoms. The Hall–Kier alpha value is -0.730. The van der Waals surface area contributed by atoms with Crippen molar-refractivity contribution < 1.29 is 9.53 Å². The van der Waals surface area contributed by atoms with Crippen molar-refractivity contribution in [2.45, 2.75) is 17.2 Å². The summed E-state index contributed by atoms with van der Waals surface area (Å²) in [5.74, 6) is 0.535. The van der Waals surface area contributed by atoms with E-state index in [9.17, 15) is 4.79 Å². The summed E-state index contributed by atoms with van der Waals surface area (Å²) >= 11 is 11.8. The van der Waals surface area contributed by atoms with Crippen molar-refractivity contribution in [3.05, 3.63) is 29.3 Å². The zero-order valence-corrected chi connectivity index (χ0v) is 9.73. The molecule has 0 saturated heterocycles. The van der Waals surface area contributed by atoms with E-state index >= 15 is 0 Å². The van der Waals surface area contributed by atoms with Crippen LogP contribution in [0.2, 0.25) is 0 Å². The van der Waals surface area contributed by atoms with Crippen molar-refractivity contribution in [2.24, 2.45) is 0 Å². The second-order valence-corrected chi connectivity index (χ2v) is 5.04. The molecule has 1 aliphatic carbocycles. The average Bonchev–Trinajstić information content (AvgIpc) is 2.23. The fraction of sp³-hybridized carbons (Fsp3) is 0.364. The first-order valence-corrected chi connectivity index (χ1v) is 5.40. The molecule has 0 unspecified atom stereocenters. The number of hydrogen-bond acceptors (Lipinski definition) is 2. The Morgan fingerprint density at radius 1 is 1.40 bits per heavy atom. The third kappa shape index (κ3) is 1.84. The highest BCUT2D eigenvalue weighted by molar-refractivity contribution is 6.60. The molecule has 0 spiro atoms. The van der Waals surface area contributed by atoms with Crippen LogP contribution in [0.25, 0.3) is 0 Å². The van der Waals surface area contributed by atoms with Crippen LogP contribution in [0.4, 0.5) is 0 Å². The molecule has 15 heavy (non-hydrogen) atoms. The maximum Gasteiger partial charge on any atom is 0.199 e. The van der Waals surface area contributed by atoms with Gasteiger partial charge in [-0.25, -0.2) is 0 Å². The number of hydrogen-bond donors (Lipinski definition) is 0. The molecule has 80 valence electrons. The maximum atomic E-state index is 11.8. The lowest BCUT2D eigenvalue weighted by atomic mass is 9.90. The van der Waals surface area contributed by atoms with E-state index in [1.165, 1.54) is 0 Å². The molecule has 0 saturated carbocycles. The van der Waals surface area contributed by atoms with Gasteiger partial charge >= 0.3 is 0 Å². The SMILES string of the molecule is COc1ccc2c(c1)CCC(Cl)(Cl)C2=O. The molecule has 0 bridgehead atoms. The zero-order valence-electron chi connectivity index (χ0n) is 8.22. The Morgan fingerprint density at radius 2 is 2.13 bits per heavy atom. The van der Waals surface area contributed by atoms with Crippen molar-refractivity contribution in [1.29, 1.82) is 0 Å². The molecule has 1 aromatic carbocycles. The van der Waals surface area contributed by atoms with Gasteiger partial charge in [0.05, 0.1) is 7.11 Å². The molecule has 2 nitrogen and oxygen atoms in total. The number of halogens is 2. The van der Waals surface area contributed by atoms with Gasteiger partial charge in [-0.3, -0.25) is 4.79 Å². The minimum Gasteiger partial charge on any atom is -0.497 e. The molecule has 0 atom stereocenters. The van der Waals surface area contributed by atoms with Gasteiger partial charge in [-0.1, -0.05) is 23.2 Å². The summed E-state index contributed by atoms with van der Waals surface area (Å²) in [6, 6.07) is 5.32. The number of benzene rings is 1. The van der Waals surface area contributed by atoms with Gasteiger partial charge in [-0.05, 0) is 36.6 Å². The summed E-state index contributed by atoms with van der Waals surface area (Å²) in [5, 5.41) is 0. The Labute approximate surface area is 98.1 Å². The summed E-state index contributed by atoms with van der Waals surface area (Å²) in [7, 11) is 1.60. The molecule has 1 aromatic rings. The van der Waals surface area contributed by atoms with Crippen LogP contribution in [-0.2, 0) is 6.42 Å². The van der Waals surface area contributed by atoms with Gasteiger partial charge in [0.2, 0.25) is 0 Å². The topological polar surface area (TPSA) is 26.3 Å². The predicted molar refractivity (Wildman–Crippen MR) is 60.1 cm³/mol. The Morgan fingerprint density at radius 3 is 2.80 bits per heavy atom. The Balaban J connectivity index is 2.46. The molecule has 0 radical (unpaired) electrons. The van der Waals surface area contributed by atoms with Gasteiger partial charge in [0, 0.05) is 5.56 Å². The van der Waals surface area contributed by atoms with Crippen LogP contribution in [0, 0.1) is 0 Å². The van der Waals surface area contributed by atoms with Crippen LogP contribution in [0.15, 0.2) is 18.2 Å². The molecule has 2 rings (SSSR count). The van der Waals surface area contributed by atoms with Gasteiger partial charge < -0.3 is 4.74 Å². The maximum absolute atomic E-state index is 11.8. The highest BCUT2D eigenvalue weighted by Crippen LogP contribution is 2.37. The van der Waals surface area contributed by atoms with Crippen LogP contribution in [0.5, 0.6) is 5.75 Å². The van der Waals surface area contributed by atoms with Gasteiger partial charge in [0.25, 0.3) is 0 Å². The molecular weight excluding hydrogens is 235 g/mol. The predicted octanol–water partition coefficient (Wildman–Crippen LogP) is 3.00. The molecule has 0 amide bonds. The number of fused-ring (bicyclic) bond motifs is 1. The number of ether oxygens (including phenoxy) is 1. The van der Waals surface area contributed by atoms with E-state index in [0.29, 0.717) is 18.4 Å². The lowest BCUT2D eigenvalue weighted by molar-refractivity contribution is 0.0961. The summed E-state index contributed by atoms with van der Waals surface area (Å²) in [6.45, 7) is 0. The quantitative estimate of drug-likeness (QED) is 0.711. The molecule has 1 aliphatic rings. The third-order valence-corrected chi connectivity index (χ3v) is 3.32. The fourth-order valence-electron chi connectivity index (χ4n) is 1.73. The van der Waals surface area contributed by atoms with Crippen molar-refractivity contribution in [1.82, 2.24) is 0 Å². The Bertz CT molecular complexity index is 413. The minimum atomic E-state index is -1.26. The summed E-state index contributed by atoms with van der Waals surface area (Å²) < 4.78 is 3.83. The monoisotopic (exact) mass is 244 g/mol. The number of alkyl halides is 2. The van der Waals surface area contributed by atoms with E-state index in [0.717, 1.165) is 11.3 Å². The average molecular weight is 245 g/mol. The number of rotatable bonds is 1. The van der Waals surface area contributed by atoms with E-state index in [1.807, 2.05) is 6.07 Å². The first kappa shape index (κ1) is 10.8. The smallest absolute Gasteiger partial charge is 0.199 e. The molecule has 0 N–H and O–H groups in total. The van der Waals surface area contributed by atoms with E-state index in [1.54, 1.807) is 19.2 Å². The van der Waals surface area contributed by atoms with Crippen LogP contribution < -0.4 is 4.74 Å². The largest absolute Gasteiger partial charge is 0.497 e. The second-order valence-electron chi connectivity index (χ2n) is 3.56. The molecule has 0 heterocycles. The van der Waals surface area contributed by atoms with E-state index in [-0.39, 0.29) is 5.78 Å². The highest BCUT2D eigenvalue weighted by atomic mass is 35.5. The van der Waals surface area contributed by atoms with E-state index in [4.69, 9.17) is 27.9 Å². The summed E-state index contributed by atoms with van der Waals surface area (Å²) in [5.41, 5.74) is 1.56. The number of carbonyl (C=O) groups is 1. The number of aryl methyl sites for hydroxylation is 1. The normalized spacial score (nSPS) is 18.5. The number of ketones is 1. The number of Topliss-reactive ketones (excluding diaryl/α,β-unsaturated/α-hetero) is 1. The number of carbonyl (C=O) groups excluding carboxylic acids is 1. The Kier molecular flexibility index (Phi) is 2.65. The number of methoxy groups -OCH3 is 1. The summed E-state index contributed by atoms with van der Waals surface area (Å²) in [4.78, 5) is 11.8. The first-order valence-electron chi connectivity index (χ1n) is 4.64. The summed E-state index contributed by atoms with van der Waals surface area (Å²) in [6.07, 6.45) is 1.15. The van der Waals surface area contributed by atoms with Crippen LogP contribution in [0.3, 0.4) is 0 Å². The van der Waals surface area contributed by atoms with E-state index < -0.39 is 4.33 Å². The third-order valence-electron chi connectivity index (χ3n) is 2.60. The molecule has 0 aliphatic heterocycles. The van der Waals surface area contributed by atoms with Gasteiger partial charge in [0.15, 0.2) is 10.1 Å². The highest BCUT2D eigenvalue weighted by Gasteiger charge is 2.38. The second kappa shape index (κ2) is 3.69. The van der Waals surface area contributed by atoms with Gasteiger partial charge in [-0.2, -0.15) is 0 Å². The molecule has 0 aromatic heterocycles. The van der Waals surface area contributed by atoms with Crippen LogP contribution in [0.1, 0.15) is 22.3 Å². The minimum absolute atomic E-state index is 0.213. The molecular formula is C11H10Cl2O2. The lowest BCUT2D eigenvalue weighted by Gasteiger charge is -2.25. The van der Waals surface area contributed by atoms with Gasteiger partial charge in [0.1, 0.15) is 5.75 Å². The van der Waals surface area contributed by atoms with Crippen molar-refractivity contribution in [2.75, 3.05) is 7.11 Å². The van der Waals surface area contributed by atoms with Crippen molar-refractivity contribution in [3.8, 4) is 5.75 Å². The first-order chi connectivity index (χ1) is 7.04. The van der Waals surface area contributed by atoms with Gasteiger partial charge in [-0.15, -0.1) is 0 Å². The van der Waals surface area contributed by atoms with E-state index in [2.05, 4.69) is 0 Å². The van der Waals surface area contributed by atoms with Crippen molar-refractivity contribution >= 4 is 29.0 Å². The molecule has 0 fully saturated rings. The fourth-order valence-corrected chi connectivity index (χ4v) is 2.12. The zero-order chi connectivity index (χ0) is 11.1. The standard InChI is InChI=1S/C11H10Cl2O2/c1-15-8-2-3-9-7(6-8)4-5-11(12,13)10(9)14/h2-3,6H,4-5H2,1H3.